The lowest BCUT2D eigenvalue weighted by atomic mass is 10.5. The number of aliphatic hydroxyl groups is 1. The number of hydrogen-bond donors (Lipinski definition) is 7. The van der Waals surface area contributed by atoms with Crippen LogP contribution in [0.4, 0.5) is 0 Å². The molecule has 0 aliphatic heterocycles. The first-order chi connectivity index (χ1) is 31.2. The van der Waals surface area contributed by atoms with Gasteiger partial charge in [-0.25, -0.2) is 0 Å². The molecule has 398 valence electrons. The molecule has 0 fully saturated rings. The van der Waals surface area contributed by atoms with Crippen molar-refractivity contribution in [3.63, 3.8) is 0 Å². The maximum Gasteiger partial charge on any atom is 0.337 e. The van der Waals surface area contributed by atoms with Crippen LogP contribution in [-0.2, 0) is 67.9 Å². The molecule has 0 aliphatic rings. The highest BCUT2D eigenvalue weighted by atomic mass is 30.2. The maximum absolute atomic E-state index is 11.9. The second-order valence-corrected chi connectivity index (χ2v) is 85.8. The molecule has 0 radical (unpaired) electrons. The zero-order chi connectivity index (χ0) is 49.9. The van der Waals surface area contributed by atoms with Crippen LogP contribution in [-0.4, -0.2) is 275 Å². The van der Waals surface area contributed by atoms with Crippen LogP contribution in [0.5, 0.6) is 0 Å². The van der Waals surface area contributed by atoms with Crippen molar-refractivity contribution in [2.45, 2.75) is 71.4 Å². The summed E-state index contributed by atoms with van der Waals surface area (Å²) in [6.45, 7) is 18.1. The summed E-state index contributed by atoms with van der Waals surface area (Å²) < 4.78 is 88.4. The molecule has 66 heavy (non-hydrogen) atoms. The van der Waals surface area contributed by atoms with E-state index in [2.05, 4.69) is 0 Å². The van der Waals surface area contributed by atoms with E-state index < -0.39 is 102 Å². The van der Waals surface area contributed by atoms with Gasteiger partial charge in [-0.15, -0.1) is 0 Å². The fraction of sp³-hybridized carbons (Fsp3) is 1.00. The Balaban J connectivity index is 4.51. The van der Waals surface area contributed by atoms with E-state index in [-0.39, 0.29) is 12.7 Å². The molecule has 7 N–H and O–H groups in total. The molecule has 0 heterocycles. The normalized spacial score (nSPS) is 17.5. The molecule has 0 aromatic heterocycles. The van der Waals surface area contributed by atoms with Crippen molar-refractivity contribution in [1.82, 2.24) is 0 Å². The van der Waals surface area contributed by atoms with E-state index >= 15 is 0 Å². The Kier molecular flexibility index (Phi) is 39.3. The van der Waals surface area contributed by atoms with Gasteiger partial charge in [-0.2, -0.15) is 0 Å². The van der Waals surface area contributed by atoms with Crippen LogP contribution in [0.2, 0.25) is 65.0 Å². The minimum absolute atomic E-state index is 0.00840. The first-order valence-electron chi connectivity index (χ1n) is 22.8. The van der Waals surface area contributed by atoms with Crippen molar-refractivity contribution in [1.29, 1.82) is 0 Å². The molecule has 0 saturated heterocycles. The first-order valence-corrected chi connectivity index (χ1v) is 55.7. The minimum atomic E-state index is -4.24. The molecular weight excluding hydrogens is 1070 g/mol. The highest BCUT2D eigenvalue weighted by Gasteiger charge is 2.77. The second-order valence-electron chi connectivity index (χ2n) is 17.7. The zero-order valence-electron chi connectivity index (χ0n) is 41.6. The molecule has 2 atom stereocenters. The van der Waals surface area contributed by atoms with E-state index in [1.165, 1.54) is 0 Å². The van der Waals surface area contributed by atoms with E-state index in [4.69, 9.17) is 73.1 Å². The van der Waals surface area contributed by atoms with Gasteiger partial charge in [-0.05, 0) is 71.4 Å². The lowest BCUT2D eigenvalue weighted by molar-refractivity contribution is -0.0268. The molecule has 22 nitrogen and oxygen atoms in total. The number of rotatable bonds is 49. The second kappa shape index (κ2) is 38.3. The minimum Gasteiger partial charge on any atom is -0.456 e. The molecule has 0 rings (SSSR count). The number of hydrogen-bond acceptors (Lipinski definition) is 22. The van der Waals surface area contributed by atoms with Crippen LogP contribution < -0.4 is 0 Å². The average Bonchev–Trinajstić information content (AvgIpc) is 3.23. The van der Waals surface area contributed by atoms with Gasteiger partial charge in [0.25, 0.3) is 23.7 Å². The highest BCUT2D eigenvalue weighted by molar-refractivity contribution is 7.96. The Morgan fingerprint density at radius 2 is 0.652 bits per heavy atom. The van der Waals surface area contributed by atoms with Crippen LogP contribution >= 0.6 is 0 Å². The third-order valence-corrected chi connectivity index (χ3v) is 108. The molecular formula is C32H90O22Si12. The van der Waals surface area contributed by atoms with Gasteiger partial charge in [0, 0.05) is 6.61 Å². The molecule has 0 saturated carbocycles. The SMILES string of the molecule is C[Si](C)(C)O[Si](C)(C)O[Si](O[SiH2]O)([Si](O[Si](C)(C)C)([SiH2]O)[SiH2]O)[Si](O[Si](C)(O)CCCOCCOCCOCCOCCOCCOCCOCCOCCOCCOCCO)([SiH2]O)[SiH2]O. The van der Waals surface area contributed by atoms with Crippen molar-refractivity contribution in [2.24, 2.45) is 0 Å². The summed E-state index contributed by atoms with van der Waals surface area (Å²) in [6.07, 6.45) is 0.434. The molecule has 0 aromatic rings. The summed E-state index contributed by atoms with van der Waals surface area (Å²) in [5.41, 5.74) is 0. The van der Waals surface area contributed by atoms with E-state index in [0.717, 1.165) is 0 Å². The molecule has 34 heteroatoms. The van der Waals surface area contributed by atoms with E-state index in [0.29, 0.717) is 139 Å². The molecule has 0 aromatic carbocycles. The first kappa shape index (κ1) is 67.7. The highest BCUT2D eigenvalue weighted by Crippen LogP contribution is 2.37. The fourth-order valence-electron chi connectivity index (χ4n) is 6.57. The number of ether oxygens (including phenoxy) is 10. The van der Waals surface area contributed by atoms with Gasteiger partial charge in [-0.1, -0.05) is 0 Å². The van der Waals surface area contributed by atoms with Crippen molar-refractivity contribution < 1.29 is 102 Å². The van der Waals surface area contributed by atoms with E-state index in [1.807, 2.05) is 52.4 Å². The van der Waals surface area contributed by atoms with Crippen LogP contribution in [0.15, 0.2) is 0 Å². The fourth-order valence-corrected chi connectivity index (χ4v) is 185. The molecule has 0 amide bonds. The van der Waals surface area contributed by atoms with Crippen LogP contribution in [0.25, 0.3) is 0 Å². The summed E-state index contributed by atoms with van der Waals surface area (Å²) >= 11 is 0. The third-order valence-electron chi connectivity index (χ3n) is 8.86. The Labute approximate surface area is 412 Å². The molecule has 2 unspecified atom stereocenters. The number of aliphatic hydroxyl groups excluding tert-OH is 1. The smallest absolute Gasteiger partial charge is 0.337 e. The van der Waals surface area contributed by atoms with E-state index in [9.17, 15) is 28.8 Å². The molecule has 0 bridgehead atoms. The lowest BCUT2D eigenvalue weighted by Crippen LogP contribution is -2.93. The van der Waals surface area contributed by atoms with Gasteiger partial charge in [0.1, 0.15) is 0 Å². The molecule has 0 spiro atoms. The maximum atomic E-state index is 11.9. The average molecular weight is 1160 g/mol. The van der Waals surface area contributed by atoms with Gasteiger partial charge in [0.15, 0.2) is 53.8 Å². The van der Waals surface area contributed by atoms with Crippen LogP contribution in [0.1, 0.15) is 6.42 Å². The monoisotopic (exact) mass is 1160 g/mol. The molecule has 0 aliphatic carbocycles. The predicted octanol–water partition coefficient (Wildman–Crippen LogP) is -5.17. The van der Waals surface area contributed by atoms with Crippen LogP contribution in [0, 0.1) is 0 Å². The standard InChI is InChI=1S/C32H90O22Si12/c1-60(2,3)51-62(7,8)53-64(50-55-34,65(56-35,57-36)52-61(4,5)6)66(58-37,59-38)54-63(9,39)32-10-12-40-14-16-42-18-20-44-22-24-46-26-28-48-30-31-49-29-27-47-25-23-45-21-19-43-17-15-41-13-11-33/h33-39H,10-32,55-59H2,1-9H3. The van der Waals surface area contributed by atoms with Crippen molar-refractivity contribution in [2.75, 3.05) is 139 Å². The van der Waals surface area contributed by atoms with Crippen molar-refractivity contribution in [3.8, 4) is 0 Å². The summed E-state index contributed by atoms with van der Waals surface area (Å²) in [5, 5.41) is 8.62. The van der Waals surface area contributed by atoms with Gasteiger partial charge in [-0.3, -0.25) is 0 Å². The van der Waals surface area contributed by atoms with E-state index in [1.54, 1.807) is 6.55 Å². The summed E-state index contributed by atoms with van der Waals surface area (Å²) in [5.74, 6) is 0. The van der Waals surface area contributed by atoms with Gasteiger partial charge in [0.05, 0.1) is 132 Å². The quantitative estimate of drug-likeness (QED) is 0.0222. The third kappa shape index (κ3) is 30.7. The summed E-state index contributed by atoms with van der Waals surface area (Å²) in [7, 11) is -27.0. The Hall–Kier alpha value is 1.72. The van der Waals surface area contributed by atoms with Gasteiger partial charge < -0.3 is 102 Å². The summed E-state index contributed by atoms with van der Waals surface area (Å²) in [4.78, 5) is 67.9. The topological polar surface area (TPSA) is 280 Å². The Bertz CT molecular complexity index is 1150. The van der Waals surface area contributed by atoms with Crippen molar-refractivity contribution >= 4 is 102 Å². The van der Waals surface area contributed by atoms with Gasteiger partial charge >= 0.3 is 24.7 Å². The lowest BCUT2D eigenvalue weighted by Gasteiger charge is -2.56. The predicted molar refractivity (Wildman–Crippen MR) is 279 cm³/mol. The zero-order valence-corrected chi connectivity index (χ0v) is 55.6. The van der Waals surface area contributed by atoms with Gasteiger partial charge in [0.2, 0.25) is 0 Å². The largest absolute Gasteiger partial charge is 0.456 e. The summed E-state index contributed by atoms with van der Waals surface area (Å²) in [6, 6.07) is 0.226. The Morgan fingerprint density at radius 3 is 0.924 bits per heavy atom. The van der Waals surface area contributed by atoms with Crippen LogP contribution in [0.3, 0.4) is 0 Å². The van der Waals surface area contributed by atoms with Crippen molar-refractivity contribution in [3.05, 3.63) is 0 Å². The Morgan fingerprint density at radius 1 is 0.364 bits per heavy atom.